The molecule has 0 aliphatic heterocycles. The van der Waals surface area contributed by atoms with Crippen molar-refractivity contribution in [3.05, 3.63) is 18.0 Å². The van der Waals surface area contributed by atoms with Crippen LogP contribution < -0.4 is 5.73 Å². The van der Waals surface area contributed by atoms with E-state index in [4.69, 9.17) is 5.73 Å². The minimum Gasteiger partial charge on any atom is -0.310 e. The summed E-state index contributed by atoms with van der Waals surface area (Å²) in [7, 11) is 0. The van der Waals surface area contributed by atoms with Crippen molar-refractivity contribution in [2.24, 2.45) is 5.73 Å². The fourth-order valence-corrected chi connectivity index (χ4v) is 0.656. The molecule has 0 aliphatic carbocycles. The van der Waals surface area contributed by atoms with E-state index in [-0.39, 0.29) is 6.17 Å². The fourth-order valence-electron chi connectivity index (χ4n) is 0.656. The van der Waals surface area contributed by atoms with Gasteiger partial charge in [-0.25, -0.2) is 0 Å². The Morgan fingerprint density at radius 3 is 2.67 bits per heavy atom. The molecule has 0 fully saturated rings. The molecule has 1 aromatic heterocycles. The zero-order chi connectivity index (χ0) is 6.85. The predicted molar refractivity (Wildman–Crippen MR) is 35.9 cm³/mol. The molecule has 1 heterocycles. The molecule has 1 atom stereocenters. The topological polar surface area (TPSA) is 43.8 Å². The van der Waals surface area contributed by atoms with E-state index in [1.54, 1.807) is 10.9 Å². The minimum absolute atomic E-state index is 0.0151. The van der Waals surface area contributed by atoms with Crippen LogP contribution in [0.25, 0.3) is 0 Å². The van der Waals surface area contributed by atoms with Crippen LogP contribution in [-0.4, -0.2) is 9.78 Å². The van der Waals surface area contributed by atoms with Crippen LogP contribution in [0.1, 0.15) is 18.7 Å². The quantitative estimate of drug-likeness (QED) is 0.599. The van der Waals surface area contributed by atoms with Gasteiger partial charge < -0.3 is 5.73 Å². The Balaban J connectivity index is 2.85. The number of hydrogen-bond acceptors (Lipinski definition) is 2. The van der Waals surface area contributed by atoms with E-state index in [1.807, 2.05) is 20.0 Å². The highest BCUT2D eigenvalue weighted by Crippen LogP contribution is 1.98. The van der Waals surface area contributed by atoms with Gasteiger partial charge in [0.25, 0.3) is 0 Å². The first-order valence-electron chi connectivity index (χ1n) is 2.96. The first kappa shape index (κ1) is 6.29. The molecule has 0 saturated heterocycles. The third-order valence-corrected chi connectivity index (χ3v) is 1.15. The van der Waals surface area contributed by atoms with Crippen LogP contribution in [0.2, 0.25) is 0 Å². The Morgan fingerprint density at radius 2 is 2.44 bits per heavy atom. The molecule has 0 radical (unpaired) electrons. The van der Waals surface area contributed by atoms with Gasteiger partial charge in [0.1, 0.15) is 0 Å². The smallest absolute Gasteiger partial charge is 0.0960 e. The van der Waals surface area contributed by atoms with Crippen molar-refractivity contribution in [2.45, 2.75) is 20.0 Å². The van der Waals surface area contributed by atoms with Crippen LogP contribution in [0.4, 0.5) is 0 Å². The predicted octanol–water partition coefficient (Wildman–Crippen LogP) is 0.669. The number of aromatic nitrogens is 2. The maximum atomic E-state index is 5.53. The number of nitrogens with zero attached hydrogens (tertiary/aromatic N) is 2. The summed E-state index contributed by atoms with van der Waals surface area (Å²) < 4.78 is 1.73. The van der Waals surface area contributed by atoms with Gasteiger partial charge in [0.05, 0.1) is 12.4 Å². The van der Waals surface area contributed by atoms with Crippen LogP contribution in [-0.2, 0) is 0 Å². The number of nitrogens with two attached hydrogens (primary N) is 1. The fraction of sp³-hybridized carbons (Fsp3) is 0.500. The van der Waals surface area contributed by atoms with E-state index in [9.17, 15) is 0 Å². The maximum absolute atomic E-state index is 5.53. The summed E-state index contributed by atoms with van der Waals surface area (Å²) in [5, 5.41) is 4.01. The second kappa shape index (κ2) is 2.19. The Labute approximate surface area is 54.5 Å². The van der Waals surface area contributed by atoms with Gasteiger partial charge in [0, 0.05) is 6.20 Å². The monoisotopic (exact) mass is 125 g/mol. The van der Waals surface area contributed by atoms with Crippen molar-refractivity contribution in [1.29, 1.82) is 0 Å². The van der Waals surface area contributed by atoms with E-state index in [0.29, 0.717) is 0 Å². The SMILES string of the molecule is Cc1cnn(C(C)N)c1. The van der Waals surface area contributed by atoms with Gasteiger partial charge in [0.2, 0.25) is 0 Å². The lowest BCUT2D eigenvalue weighted by Gasteiger charge is -2.02. The average molecular weight is 125 g/mol. The molecule has 3 nitrogen and oxygen atoms in total. The van der Waals surface area contributed by atoms with Crippen molar-refractivity contribution in [3.63, 3.8) is 0 Å². The van der Waals surface area contributed by atoms with E-state index < -0.39 is 0 Å². The molecule has 0 bridgehead atoms. The Kier molecular flexibility index (Phi) is 1.53. The Morgan fingerprint density at radius 1 is 1.78 bits per heavy atom. The minimum atomic E-state index is -0.0151. The highest BCUT2D eigenvalue weighted by atomic mass is 15.3. The zero-order valence-electron chi connectivity index (χ0n) is 5.70. The van der Waals surface area contributed by atoms with E-state index in [0.717, 1.165) is 5.56 Å². The molecule has 50 valence electrons. The highest BCUT2D eigenvalue weighted by Gasteiger charge is 1.95. The third kappa shape index (κ3) is 1.29. The molecule has 2 N–H and O–H groups in total. The molecule has 9 heavy (non-hydrogen) atoms. The standard InChI is InChI=1S/C6H11N3/c1-5-3-8-9(4-5)6(2)7/h3-4,6H,7H2,1-2H3. The van der Waals surface area contributed by atoms with E-state index in [2.05, 4.69) is 5.10 Å². The van der Waals surface area contributed by atoms with Crippen LogP contribution in [0.5, 0.6) is 0 Å². The molecule has 0 amide bonds. The summed E-state index contributed by atoms with van der Waals surface area (Å²) in [6.45, 7) is 3.89. The molecule has 0 saturated carbocycles. The third-order valence-electron chi connectivity index (χ3n) is 1.15. The summed E-state index contributed by atoms with van der Waals surface area (Å²) in [5.74, 6) is 0. The number of rotatable bonds is 1. The first-order valence-corrected chi connectivity index (χ1v) is 2.96. The largest absolute Gasteiger partial charge is 0.310 e. The molecular weight excluding hydrogens is 114 g/mol. The molecular formula is C6H11N3. The van der Waals surface area contributed by atoms with Crippen molar-refractivity contribution in [3.8, 4) is 0 Å². The maximum Gasteiger partial charge on any atom is 0.0960 e. The van der Waals surface area contributed by atoms with Crippen LogP contribution >= 0.6 is 0 Å². The average Bonchev–Trinajstić information content (AvgIpc) is 2.14. The Hall–Kier alpha value is -0.830. The van der Waals surface area contributed by atoms with Gasteiger partial charge in [-0.05, 0) is 19.4 Å². The van der Waals surface area contributed by atoms with Gasteiger partial charge in [-0.2, -0.15) is 5.10 Å². The molecule has 0 spiro atoms. The second-order valence-electron chi connectivity index (χ2n) is 2.24. The molecule has 0 aliphatic rings. The lowest BCUT2D eigenvalue weighted by Crippen LogP contribution is -2.14. The van der Waals surface area contributed by atoms with Gasteiger partial charge in [-0.1, -0.05) is 0 Å². The zero-order valence-corrected chi connectivity index (χ0v) is 5.70. The molecule has 1 unspecified atom stereocenters. The lowest BCUT2D eigenvalue weighted by molar-refractivity contribution is 0.509. The van der Waals surface area contributed by atoms with Gasteiger partial charge in [0.15, 0.2) is 0 Å². The second-order valence-corrected chi connectivity index (χ2v) is 2.24. The van der Waals surface area contributed by atoms with Crippen LogP contribution in [0.15, 0.2) is 12.4 Å². The molecule has 1 rings (SSSR count). The normalized spacial score (nSPS) is 13.7. The van der Waals surface area contributed by atoms with Gasteiger partial charge in [-0.15, -0.1) is 0 Å². The Bertz CT molecular complexity index is 190. The summed E-state index contributed by atoms with van der Waals surface area (Å²) >= 11 is 0. The van der Waals surface area contributed by atoms with Gasteiger partial charge >= 0.3 is 0 Å². The van der Waals surface area contributed by atoms with Crippen LogP contribution in [0.3, 0.4) is 0 Å². The lowest BCUT2D eigenvalue weighted by atomic mass is 10.4. The van der Waals surface area contributed by atoms with E-state index >= 15 is 0 Å². The summed E-state index contributed by atoms with van der Waals surface area (Å²) in [4.78, 5) is 0. The first-order chi connectivity index (χ1) is 4.20. The number of hydrogen-bond donors (Lipinski definition) is 1. The summed E-state index contributed by atoms with van der Waals surface area (Å²) in [5.41, 5.74) is 6.67. The summed E-state index contributed by atoms with van der Waals surface area (Å²) in [6, 6.07) is 0. The van der Waals surface area contributed by atoms with Crippen molar-refractivity contribution in [2.75, 3.05) is 0 Å². The number of aryl methyl sites for hydroxylation is 1. The molecule has 1 aromatic rings. The molecule has 3 heteroatoms. The van der Waals surface area contributed by atoms with Crippen LogP contribution in [0, 0.1) is 6.92 Å². The van der Waals surface area contributed by atoms with Crippen molar-refractivity contribution < 1.29 is 0 Å². The molecule has 0 aromatic carbocycles. The highest BCUT2D eigenvalue weighted by molar-refractivity contribution is 4.99. The van der Waals surface area contributed by atoms with Crippen molar-refractivity contribution in [1.82, 2.24) is 9.78 Å². The summed E-state index contributed by atoms with van der Waals surface area (Å²) in [6.07, 6.45) is 3.70. The van der Waals surface area contributed by atoms with Crippen molar-refractivity contribution >= 4 is 0 Å². The van der Waals surface area contributed by atoms with Gasteiger partial charge in [-0.3, -0.25) is 4.68 Å². The van der Waals surface area contributed by atoms with E-state index in [1.165, 1.54) is 0 Å².